The van der Waals surface area contributed by atoms with Crippen molar-refractivity contribution in [2.45, 2.75) is 25.2 Å². The minimum absolute atomic E-state index is 0.0588. The number of nitrogens with zero attached hydrogens (tertiary/aromatic N) is 4. The summed E-state index contributed by atoms with van der Waals surface area (Å²) in [6, 6.07) is 20.5. The molecule has 0 bridgehead atoms. The van der Waals surface area contributed by atoms with Crippen LogP contribution in [0.4, 0.5) is 5.82 Å². The van der Waals surface area contributed by atoms with Crippen molar-refractivity contribution in [2.75, 3.05) is 24.5 Å². The number of fused-ring (bicyclic) bond motifs is 1. The molecule has 0 spiro atoms. The summed E-state index contributed by atoms with van der Waals surface area (Å²) in [5.74, 6) is 0.793. The molecular weight excluding hydrogens is 398 g/mol. The Kier molecular flexibility index (Phi) is 5.35. The fraction of sp³-hybridized carbons (Fsp3) is 0.269. The van der Waals surface area contributed by atoms with E-state index >= 15 is 0 Å². The summed E-state index contributed by atoms with van der Waals surface area (Å²) in [5, 5.41) is 2.86. The third-order valence-corrected chi connectivity index (χ3v) is 6.47. The predicted molar refractivity (Wildman–Crippen MR) is 126 cm³/mol. The number of nitrogens with one attached hydrogen (secondary N) is 1. The number of hydrogen-bond acceptors (Lipinski definition) is 4. The lowest BCUT2D eigenvalue weighted by molar-refractivity contribution is 0.0955. The van der Waals surface area contributed by atoms with Crippen LogP contribution >= 0.6 is 0 Å². The Hall–Kier alpha value is -3.67. The summed E-state index contributed by atoms with van der Waals surface area (Å²) in [6.45, 7) is 4.22. The van der Waals surface area contributed by atoms with Gasteiger partial charge in [-0.1, -0.05) is 36.4 Å². The Morgan fingerprint density at radius 2 is 1.84 bits per heavy atom. The molecule has 0 saturated carbocycles. The molecule has 3 aromatic heterocycles. The van der Waals surface area contributed by atoms with E-state index in [9.17, 15) is 4.79 Å². The second-order valence-electron chi connectivity index (χ2n) is 8.29. The first-order valence-corrected chi connectivity index (χ1v) is 11.2. The molecule has 1 amide bonds. The van der Waals surface area contributed by atoms with Crippen molar-refractivity contribution in [2.24, 2.45) is 0 Å². The van der Waals surface area contributed by atoms with Crippen LogP contribution in [0.3, 0.4) is 0 Å². The summed E-state index contributed by atoms with van der Waals surface area (Å²) in [6.07, 6.45) is 7.80. The number of rotatable bonds is 5. The van der Waals surface area contributed by atoms with Crippen molar-refractivity contribution >= 4 is 17.4 Å². The molecule has 5 rings (SSSR count). The highest BCUT2D eigenvalue weighted by atomic mass is 16.1. The normalized spacial score (nSPS) is 15.6. The smallest absolute Gasteiger partial charge is 0.251 e. The number of carbonyl (C=O) groups excluding carboxylic acids is 1. The van der Waals surface area contributed by atoms with E-state index in [0.29, 0.717) is 12.1 Å². The highest BCUT2D eigenvalue weighted by Crippen LogP contribution is 2.42. The van der Waals surface area contributed by atoms with Crippen molar-refractivity contribution in [3.63, 3.8) is 0 Å². The van der Waals surface area contributed by atoms with Gasteiger partial charge in [-0.25, -0.2) is 9.97 Å². The van der Waals surface area contributed by atoms with Gasteiger partial charge in [-0.15, -0.1) is 0 Å². The molecule has 0 aliphatic carbocycles. The largest absolute Gasteiger partial charge is 0.357 e. The van der Waals surface area contributed by atoms with Gasteiger partial charge in [0.1, 0.15) is 11.5 Å². The minimum atomic E-state index is -0.152. The molecule has 6 heteroatoms. The molecule has 0 atom stereocenters. The standard InChI is InChI=1S/C26H27N5O/c1-2-27-25(32)20-11-14-28-24(18-20)30-16-12-26(13-17-30,21-8-4-3-5-9-21)22-19-31-15-7-6-10-23(31)29-22/h3-11,14-15,18-19H,2,12-13,16-17H2,1H3,(H,27,32). The van der Waals surface area contributed by atoms with E-state index < -0.39 is 0 Å². The van der Waals surface area contributed by atoms with Crippen LogP contribution in [0.15, 0.2) is 79.3 Å². The van der Waals surface area contributed by atoms with Gasteiger partial charge < -0.3 is 14.6 Å². The van der Waals surface area contributed by atoms with Crippen molar-refractivity contribution in [3.8, 4) is 0 Å². The van der Waals surface area contributed by atoms with Crippen LogP contribution in [-0.2, 0) is 5.41 Å². The summed E-state index contributed by atoms with van der Waals surface area (Å²) < 4.78 is 2.10. The third-order valence-electron chi connectivity index (χ3n) is 6.47. The van der Waals surface area contributed by atoms with Crippen LogP contribution in [0.1, 0.15) is 41.4 Å². The van der Waals surface area contributed by atoms with Gasteiger partial charge in [-0.2, -0.15) is 0 Å². The van der Waals surface area contributed by atoms with Gasteiger partial charge in [0.2, 0.25) is 0 Å². The zero-order chi connectivity index (χ0) is 22.0. The Morgan fingerprint density at radius 1 is 1.06 bits per heavy atom. The maximum absolute atomic E-state index is 12.3. The molecule has 1 aliphatic rings. The number of imidazole rings is 1. The van der Waals surface area contributed by atoms with E-state index in [1.807, 2.05) is 31.2 Å². The topological polar surface area (TPSA) is 62.5 Å². The third kappa shape index (κ3) is 3.62. The molecule has 1 saturated heterocycles. The van der Waals surface area contributed by atoms with Gasteiger partial charge >= 0.3 is 0 Å². The first kappa shape index (κ1) is 20.2. The predicted octanol–water partition coefficient (Wildman–Crippen LogP) is 4.07. The van der Waals surface area contributed by atoms with Crippen molar-refractivity contribution in [1.82, 2.24) is 19.7 Å². The highest BCUT2D eigenvalue weighted by molar-refractivity contribution is 5.94. The first-order valence-electron chi connectivity index (χ1n) is 11.2. The summed E-state index contributed by atoms with van der Waals surface area (Å²) in [7, 11) is 0. The molecule has 1 N–H and O–H groups in total. The fourth-order valence-corrected chi connectivity index (χ4v) is 4.73. The molecule has 4 aromatic rings. The van der Waals surface area contributed by atoms with E-state index in [1.165, 1.54) is 5.56 Å². The van der Waals surface area contributed by atoms with Gasteiger partial charge in [0.25, 0.3) is 5.91 Å². The molecule has 162 valence electrons. The van der Waals surface area contributed by atoms with Crippen LogP contribution in [0.2, 0.25) is 0 Å². The second-order valence-corrected chi connectivity index (χ2v) is 8.29. The maximum atomic E-state index is 12.3. The zero-order valence-electron chi connectivity index (χ0n) is 18.2. The lowest BCUT2D eigenvalue weighted by Gasteiger charge is -2.42. The molecular formula is C26H27N5O. The number of anilines is 1. The SMILES string of the molecule is CCNC(=O)c1ccnc(N2CCC(c3ccccc3)(c3cn4ccccc4n3)CC2)c1. The number of benzene rings is 1. The number of aromatic nitrogens is 3. The Morgan fingerprint density at radius 3 is 2.59 bits per heavy atom. The summed E-state index contributed by atoms with van der Waals surface area (Å²) >= 11 is 0. The number of piperidine rings is 1. The average molecular weight is 426 g/mol. The minimum Gasteiger partial charge on any atom is -0.357 e. The van der Waals surface area contributed by atoms with E-state index in [0.717, 1.165) is 43.1 Å². The van der Waals surface area contributed by atoms with E-state index in [2.05, 4.69) is 62.3 Å². The van der Waals surface area contributed by atoms with Crippen LogP contribution in [0, 0.1) is 0 Å². The average Bonchev–Trinajstić information content (AvgIpc) is 3.30. The van der Waals surface area contributed by atoms with Gasteiger partial charge in [0.05, 0.1) is 5.69 Å². The zero-order valence-corrected chi connectivity index (χ0v) is 18.2. The van der Waals surface area contributed by atoms with Crippen molar-refractivity contribution < 1.29 is 4.79 Å². The number of carbonyl (C=O) groups is 1. The lowest BCUT2D eigenvalue weighted by atomic mass is 9.70. The highest BCUT2D eigenvalue weighted by Gasteiger charge is 2.40. The Balaban J connectivity index is 1.46. The monoisotopic (exact) mass is 425 g/mol. The van der Waals surface area contributed by atoms with E-state index in [1.54, 1.807) is 12.3 Å². The molecule has 0 radical (unpaired) electrons. The molecule has 4 heterocycles. The van der Waals surface area contributed by atoms with E-state index in [4.69, 9.17) is 4.98 Å². The van der Waals surface area contributed by atoms with Crippen LogP contribution in [0.5, 0.6) is 0 Å². The molecule has 32 heavy (non-hydrogen) atoms. The van der Waals surface area contributed by atoms with Crippen molar-refractivity contribution in [1.29, 1.82) is 0 Å². The summed E-state index contributed by atoms with van der Waals surface area (Å²) in [5.41, 5.74) is 3.88. The fourth-order valence-electron chi connectivity index (χ4n) is 4.73. The summed E-state index contributed by atoms with van der Waals surface area (Å²) in [4.78, 5) is 24.1. The van der Waals surface area contributed by atoms with E-state index in [-0.39, 0.29) is 11.3 Å². The van der Waals surface area contributed by atoms with Gasteiger partial charge in [-0.3, -0.25) is 4.79 Å². The quantitative estimate of drug-likeness (QED) is 0.524. The molecule has 1 fully saturated rings. The molecule has 0 unspecified atom stereocenters. The molecule has 1 aromatic carbocycles. The Bertz CT molecular complexity index is 1190. The first-order chi connectivity index (χ1) is 15.7. The van der Waals surface area contributed by atoms with Crippen molar-refractivity contribution in [3.05, 3.63) is 96.1 Å². The van der Waals surface area contributed by atoms with Gasteiger partial charge in [0, 0.05) is 49.2 Å². The number of amides is 1. The molecule has 6 nitrogen and oxygen atoms in total. The number of hydrogen-bond donors (Lipinski definition) is 1. The van der Waals surface area contributed by atoms with Crippen LogP contribution in [0.25, 0.3) is 5.65 Å². The Labute approximate surface area is 187 Å². The van der Waals surface area contributed by atoms with Crippen LogP contribution in [-0.4, -0.2) is 39.9 Å². The maximum Gasteiger partial charge on any atom is 0.251 e. The molecule has 1 aliphatic heterocycles. The lowest BCUT2D eigenvalue weighted by Crippen LogP contribution is -2.44. The number of pyridine rings is 2. The van der Waals surface area contributed by atoms with Gasteiger partial charge in [0.15, 0.2) is 0 Å². The second kappa shape index (κ2) is 8.46. The van der Waals surface area contributed by atoms with Gasteiger partial charge in [-0.05, 0) is 49.6 Å². The van der Waals surface area contributed by atoms with Crippen LogP contribution < -0.4 is 10.2 Å².